The highest BCUT2D eigenvalue weighted by Crippen LogP contribution is 2.46. The molecule has 4 rings (SSSR count). The SMILES string of the molecule is CCCOc1ccc([C@H]2C(C(=O)OC)=C(C)NC3=C2C(=O)C[C@@H](c2ccccc2)C3)cc1OC. The monoisotopic (exact) mass is 461 g/mol. The Balaban J connectivity index is 1.80. The van der Waals surface area contributed by atoms with Gasteiger partial charge in [0.1, 0.15) is 0 Å². The lowest BCUT2D eigenvalue weighted by Crippen LogP contribution is -2.36. The van der Waals surface area contributed by atoms with Gasteiger partial charge < -0.3 is 19.5 Å². The van der Waals surface area contributed by atoms with Crippen LogP contribution in [0.15, 0.2) is 71.1 Å². The number of methoxy groups -OCH3 is 2. The van der Waals surface area contributed by atoms with Crippen molar-refractivity contribution >= 4 is 11.8 Å². The second-order valence-electron chi connectivity index (χ2n) is 8.68. The predicted molar refractivity (Wildman–Crippen MR) is 130 cm³/mol. The molecule has 2 aromatic carbocycles. The van der Waals surface area contributed by atoms with Crippen molar-refractivity contribution in [1.29, 1.82) is 0 Å². The van der Waals surface area contributed by atoms with E-state index in [0.29, 0.717) is 47.8 Å². The number of carbonyl (C=O) groups is 2. The second kappa shape index (κ2) is 10.2. The zero-order chi connectivity index (χ0) is 24.2. The highest BCUT2D eigenvalue weighted by Gasteiger charge is 2.41. The molecule has 1 N–H and O–H groups in total. The number of dihydropyridines is 1. The molecule has 0 radical (unpaired) electrons. The molecule has 1 heterocycles. The molecule has 1 aliphatic carbocycles. The van der Waals surface area contributed by atoms with E-state index < -0.39 is 11.9 Å². The normalized spacial score (nSPS) is 19.9. The van der Waals surface area contributed by atoms with Crippen LogP contribution in [0.2, 0.25) is 0 Å². The molecule has 0 saturated carbocycles. The third kappa shape index (κ3) is 4.45. The van der Waals surface area contributed by atoms with Gasteiger partial charge in [0, 0.05) is 29.3 Å². The zero-order valence-corrected chi connectivity index (χ0v) is 20.1. The minimum atomic E-state index is -0.540. The maximum atomic E-state index is 13.6. The Morgan fingerprint density at radius 1 is 1.03 bits per heavy atom. The van der Waals surface area contributed by atoms with Gasteiger partial charge in [0.25, 0.3) is 0 Å². The van der Waals surface area contributed by atoms with Gasteiger partial charge >= 0.3 is 5.97 Å². The summed E-state index contributed by atoms with van der Waals surface area (Å²) in [5.41, 5.74) is 4.56. The molecule has 6 heteroatoms. The molecular formula is C28H31NO5. The molecule has 0 aromatic heterocycles. The Bertz CT molecular complexity index is 1150. The molecule has 2 atom stereocenters. The topological polar surface area (TPSA) is 73.9 Å². The lowest BCUT2D eigenvalue weighted by molar-refractivity contribution is -0.136. The summed E-state index contributed by atoms with van der Waals surface area (Å²) < 4.78 is 16.5. The summed E-state index contributed by atoms with van der Waals surface area (Å²) in [6, 6.07) is 15.7. The first kappa shape index (κ1) is 23.6. The van der Waals surface area contributed by atoms with Crippen LogP contribution in [0.25, 0.3) is 0 Å². The van der Waals surface area contributed by atoms with Gasteiger partial charge in [-0.1, -0.05) is 43.3 Å². The van der Waals surface area contributed by atoms with Gasteiger partial charge in [-0.2, -0.15) is 0 Å². The van der Waals surface area contributed by atoms with E-state index in [9.17, 15) is 9.59 Å². The first-order valence-electron chi connectivity index (χ1n) is 11.7. The van der Waals surface area contributed by atoms with Gasteiger partial charge in [0.2, 0.25) is 0 Å². The van der Waals surface area contributed by atoms with Crippen LogP contribution >= 0.6 is 0 Å². The van der Waals surface area contributed by atoms with Gasteiger partial charge in [-0.15, -0.1) is 0 Å². The maximum absolute atomic E-state index is 13.6. The van der Waals surface area contributed by atoms with Crippen molar-refractivity contribution in [2.45, 2.75) is 44.9 Å². The molecule has 0 spiro atoms. The molecular weight excluding hydrogens is 430 g/mol. The van der Waals surface area contributed by atoms with Crippen LogP contribution in [-0.4, -0.2) is 32.6 Å². The number of carbonyl (C=O) groups excluding carboxylic acids is 2. The minimum absolute atomic E-state index is 0.0341. The van der Waals surface area contributed by atoms with Gasteiger partial charge in [0.05, 0.1) is 26.4 Å². The van der Waals surface area contributed by atoms with Gasteiger partial charge in [-0.25, -0.2) is 4.79 Å². The molecule has 178 valence electrons. The number of Topliss-reactive ketones (excluding diaryl/α,β-unsaturated/α-hetero) is 1. The van der Waals surface area contributed by atoms with Crippen molar-refractivity contribution in [3.8, 4) is 11.5 Å². The first-order valence-corrected chi connectivity index (χ1v) is 11.7. The number of benzene rings is 2. The number of hydrogen-bond acceptors (Lipinski definition) is 6. The fraction of sp³-hybridized carbons (Fsp3) is 0.357. The number of rotatable bonds is 7. The second-order valence-corrected chi connectivity index (χ2v) is 8.68. The van der Waals surface area contributed by atoms with Crippen molar-refractivity contribution in [1.82, 2.24) is 5.32 Å². The molecule has 0 bridgehead atoms. The fourth-order valence-electron chi connectivity index (χ4n) is 4.91. The van der Waals surface area contributed by atoms with E-state index in [1.807, 2.05) is 50.2 Å². The highest BCUT2D eigenvalue weighted by atomic mass is 16.5. The Kier molecular flexibility index (Phi) is 7.06. The Labute approximate surface area is 200 Å². The summed E-state index contributed by atoms with van der Waals surface area (Å²) in [6.45, 7) is 4.47. The van der Waals surface area contributed by atoms with Crippen molar-refractivity contribution in [3.63, 3.8) is 0 Å². The van der Waals surface area contributed by atoms with Crippen LogP contribution in [0.4, 0.5) is 0 Å². The molecule has 0 saturated heterocycles. The van der Waals surface area contributed by atoms with E-state index >= 15 is 0 Å². The van der Waals surface area contributed by atoms with E-state index in [0.717, 1.165) is 23.2 Å². The average molecular weight is 462 g/mol. The number of esters is 1. The molecule has 0 unspecified atom stereocenters. The highest BCUT2D eigenvalue weighted by molar-refractivity contribution is 6.04. The standard InChI is InChI=1S/C28H31NO5/c1-5-13-34-23-12-11-19(16-24(23)32-3)26-25(28(31)33-4)17(2)29-21-14-20(15-22(30)27(21)26)18-9-7-6-8-10-18/h6-12,16,20,26,29H,5,13-15H2,1-4H3/t20-,26-/m0/s1. The van der Waals surface area contributed by atoms with E-state index in [1.165, 1.54) is 7.11 Å². The summed E-state index contributed by atoms with van der Waals surface area (Å²) in [6.07, 6.45) is 1.96. The van der Waals surface area contributed by atoms with Crippen LogP contribution in [0.3, 0.4) is 0 Å². The van der Waals surface area contributed by atoms with Crippen molar-refractivity contribution in [2.24, 2.45) is 0 Å². The minimum Gasteiger partial charge on any atom is -0.493 e. The number of nitrogens with one attached hydrogen (secondary N) is 1. The number of hydrogen-bond donors (Lipinski definition) is 1. The number of ketones is 1. The Morgan fingerprint density at radius 2 is 1.79 bits per heavy atom. The molecule has 6 nitrogen and oxygen atoms in total. The lowest BCUT2D eigenvalue weighted by atomic mass is 9.71. The predicted octanol–water partition coefficient (Wildman–Crippen LogP) is 5.02. The van der Waals surface area contributed by atoms with Gasteiger partial charge in [-0.3, -0.25) is 4.79 Å². The third-order valence-corrected chi connectivity index (χ3v) is 6.49. The number of ether oxygens (including phenoxy) is 3. The van der Waals surface area contributed by atoms with Crippen LogP contribution in [0, 0.1) is 0 Å². The Hall–Kier alpha value is -3.54. The van der Waals surface area contributed by atoms with Gasteiger partial charge in [0.15, 0.2) is 17.3 Å². The lowest BCUT2D eigenvalue weighted by Gasteiger charge is -2.36. The summed E-state index contributed by atoms with van der Waals surface area (Å²) in [5.74, 6) is 0.334. The molecule has 2 aliphatic rings. The van der Waals surface area contributed by atoms with E-state index in [-0.39, 0.29) is 11.7 Å². The van der Waals surface area contributed by atoms with Crippen LogP contribution < -0.4 is 14.8 Å². The molecule has 0 fully saturated rings. The fourth-order valence-corrected chi connectivity index (χ4v) is 4.91. The smallest absolute Gasteiger partial charge is 0.336 e. The van der Waals surface area contributed by atoms with Crippen molar-refractivity contribution in [3.05, 3.63) is 82.2 Å². The maximum Gasteiger partial charge on any atom is 0.336 e. The molecule has 34 heavy (non-hydrogen) atoms. The summed E-state index contributed by atoms with van der Waals surface area (Å²) >= 11 is 0. The van der Waals surface area contributed by atoms with Crippen LogP contribution in [0.5, 0.6) is 11.5 Å². The van der Waals surface area contributed by atoms with Crippen molar-refractivity contribution in [2.75, 3.05) is 20.8 Å². The quantitative estimate of drug-likeness (QED) is 0.584. The zero-order valence-electron chi connectivity index (χ0n) is 20.1. The largest absolute Gasteiger partial charge is 0.493 e. The molecule has 1 aliphatic heterocycles. The molecule has 0 amide bonds. The number of allylic oxidation sites excluding steroid dienone is 3. The first-order chi connectivity index (χ1) is 16.5. The summed E-state index contributed by atoms with van der Waals surface area (Å²) in [7, 11) is 2.95. The van der Waals surface area contributed by atoms with E-state index in [1.54, 1.807) is 7.11 Å². The Morgan fingerprint density at radius 3 is 2.47 bits per heavy atom. The van der Waals surface area contributed by atoms with Crippen LogP contribution in [0.1, 0.15) is 56.1 Å². The summed E-state index contributed by atoms with van der Waals surface area (Å²) in [4.78, 5) is 26.5. The van der Waals surface area contributed by atoms with E-state index in [2.05, 4.69) is 17.4 Å². The van der Waals surface area contributed by atoms with Crippen molar-refractivity contribution < 1.29 is 23.8 Å². The third-order valence-electron chi connectivity index (χ3n) is 6.49. The van der Waals surface area contributed by atoms with Gasteiger partial charge in [-0.05, 0) is 48.9 Å². The summed E-state index contributed by atoms with van der Waals surface area (Å²) in [5, 5.41) is 3.36. The average Bonchev–Trinajstić information content (AvgIpc) is 2.86. The van der Waals surface area contributed by atoms with Crippen LogP contribution in [-0.2, 0) is 14.3 Å². The molecule has 2 aromatic rings. The van der Waals surface area contributed by atoms with E-state index in [4.69, 9.17) is 14.2 Å².